The van der Waals surface area contributed by atoms with Gasteiger partial charge in [0.05, 0.1) is 5.52 Å². The van der Waals surface area contributed by atoms with Crippen LogP contribution in [-0.2, 0) is 16.8 Å². The number of hydrogen-bond acceptors (Lipinski definition) is 3. The maximum Gasteiger partial charge on any atom is 0.268 e. The van der Waals surface area contributed by atoms with Gasteiger partial charge in [-0.25, -0.2) is 0 Å². The zero-order valence-corrected chi connectivity index (χ0v) is 18.1. The number of carbonyl (C=O) groups is 1. The second-order valence-electron chi connectivity index (χ2n) is 9.20. The highest BCUT2D eigenvalue weighted by atomic mass is 16.3. The van der Waals surface area contributed by atoms with Gasteiger partial charge in [-0.2, -0.15) is 0 Å². The molecule has 1 aromatic heterocycles. The summed E-state index contributed by atoms with van der Waals surface area (Å²) in [5.74, 6) is -0.0628. The quantitative estimate of drug-likeness (QED) is 0.496. The minimum Gasteiger partial charge on any atom is -0.493 e. The van der Waals surface area contributed by atoms with Crippen LogP contribution in [0.15, 0.2) is 58.8 Å². The Labute approximate surface area is 177 Å². The second kappa shape index (κ2) is 7.71. The van der Waals surface area contributed by atoms with Crippen molar-refractivity contribution in [3.05, 3.63) is 59.7 Å². The van der Waals surface area contributed by atoms with Gasteiger partial charge < -0.3 is 9.67 Å². The van der Waals surface area contributed by atoms with E-state index in [1.165, 1.54) is 11.1 Å². The fourth-order valence-corrected chi connectivity index (χ4v) is 4.06. The van der Waals surface area contributed by atoms with Crippen molar-refractivity contribution in [1.82, 2.24) is 4.57 Å². The van der Waals surface area contributed by atoms with Crippen LogP contribution in [0.25, 0.3) is 10.9 Å². The lowest BCUT2D eigenvalue weighted by atomic mass is 9.86. The zero-order chi connectivity index (χ0) is 21.5. The van der Waals surface area contributed by atoms with Crippen LogP contribution in [-0.4, -0.2) is 15.6 Å². The summed E-state index contributed by atoms with van der Waals surface area (Å²) in [6.45, 7) is 9.32. The molecule has 1 aliphatic rings. The highest BCUT2D eigenvalue weighted by Gasteiger charge is 2.44. The van der Waals surface area contributed by atoms with Crippen molar-refractivity contribution in [1.29, 1.82) is 0 Å². The third-order valence-electron chi connectivity index (χ3n) is 5.93. The lowest BCUT2D eigenvalue weighted by Crippen LogP contribution is -2.10. The number of carbonyl (C=O) groups excluding carboxylic acids is 1. The van der Waals surface area contributed by atoms with Crippen molar-refractivity contribution in [2.45, 2.75) is 58.4 Å². The maximum atomic E-state index is 12.6. The van der Waals surface area contributed by atoms with Crippen molar-refractivity contribution in [2.24, 2.45) is 16.1 Å². The number of hydrogen-bond donors (Lipinski definition) is 1. The van der Waals surface area contributed by atoms with Gasteiger partial charge in [0, 0.05) is 17.8 Å². The smallest absolute Gasteiger partial charge is 0.268 e. The summed E-state index contributed by atoms with van der Waals surface area (Å²) in [4.78, 5) is 12.6. The molecule has 4 rings (SSSR count). The van der Waals surface area contributed by atoms with Gasteiger partial charge in [0.2, 0.25) is 5.88 Å². The van der Waals surface area contributed by atoms with Gasteiger partial charge in [-0.15, -0.1) is 10.2 Å². The summed E-state index contributed by atoms with van der Waals surface area (Å²) >= 11 is 0. The summed E-state index contributed by atoms with van der Waals surface area (Å²) in [6.07, 6.45) is 1.69. The number of benzene rings is 2. The Bertz CT molecular complexity index is 1100. The number of azo groups is 1. The van der Waals surface area contributed by atoms with Crippen LogP contribution in [0.1, 0.15) is 57.6 Å². The standard InChI is InChI=1S/C25H29N3O2/c1-5-14-28-21-9-7-6-8-18(21)22(24(28)30)26-27-23(29)20-15-19(20)16-10-12-17(13-11-16)25(2,3)4/h6-13,19-20,30H,5,14-15H2,1-4H3/t19-,20+/m0/s1. The Hall–Kier alpha value is -2.95. The van der Waals surface area contributed by atoms with E-state index in [-0.39, 0.29) is 29.0 Å². The number of aromatic nitrogens is 1. The van der Waals surface area contributed by atoms with Crippen LogP contribution in [0.5, 0.6) is 5.88 Å². The molecule has 1 amide bonds. The molecule has 0 bridgehead atoms. The number of amides is 1. The number of fused-ring (bicyclic) bond motifs is 1. The highest BCUT2D eigenvalue weighted by Crippen LogP contribution is 2.49. The van der Waals surface area contributed by atoms with Crippen LogP contribution in [0.2, 0.25) is 0 Å². The molecule has 2 atom stereocenters. The van der Waals surface area contributed by atoms with E-state index in [0.717, 1.165) is 23.7 Å². The predicted octanol–water partition coefficient (Wildman–Crippen LogP) is 6.47. The van der Waals surface area contributed by atoms with E-state index in [1.54, 1.807) is 0 Å². The van der Waals surface area contributed by atoms with Crippen LogP contribution in [0.4, 0.5) is 5.69 Å². The largest absolute Gasteiger partial charge is 0.493 e. The van der Waals surface area contributed by atoms with Crippen molar-refractivity contribution in [2.75, 3.05) is 0 Å². The number of aryl methyl sites for hydroxylation is 1. The average molecular weight is 404 g/mol. The first-order valence-electron chi connectivity index (χ1n) is 10.7. The zero-order valence-electron chi connectivity index (χ0n) is 18.1. The Morgan fingerprint density at radius 2 is 1.83 bits per heavy atom. The molecule has 0 aliphatic heterocycles. The van der Waals surface area contributed by atoms with Gasteiger partial charge in [0.25, 0.3) is 5.91 Å². The molecule has 5 heteroatoms. The molecule has 2 aromatic carbocycles. The first-order valence-corrected chi connectivity index (χ1v) is 10.7. The molecule has 1 fully saturated rings. The molecule has 1 N–H and O–H groups in total. The van der Waals surface area contributed by atoms with E-state index in [9.17, 15) is 9.90 Å². The number of aromatic hydroxyl groups is 1. The molecular formula is C25H29N3O2. The average Bonchev–Trinajstić information content (AvgIpc) is 3.48. The van der Waals surface area contributed by atoms with Crippen molar-refractivity contribution < 1.29 is 9.90 Å². The van der Waals surface area contributed by atoms with E-state index < -0.39 is 0 Å². The molecule has 3 aromatic rings. The van der Waals surface area contributed by atoms with E-state index in [4.69, 9.17) is 0 Å². The van der Waals surface area contributed by atoms with Gasteiger partial charge in [0.1, 0.15) is 0 Å². The third kappa shape index (κ3) is 3.76. The molecule has 156 valence electrons. The van der Waals surface area contributed by atoms with E-state index >= 15 is 0 Å². The molecule has 30 heavy (non-hydrogen) atoms. The second-order valence-corrected chi connectivity index (χ2v) is 9.20. The molecular weight excluding hydrogens is 374 g/mol. The van der Waals surface area contributed by atoms with Crippen molar-refractivity contribution in [3.63, 3.8) is 0 Å². The molecule has 5 nitrogen and oxygen atoms in total. The van der Waals surface area contributed by atoms with Crippen LogP contribution in [0.3, 0.4) is 0 Å². The van der Waals surface area contributed by atoms with Crippen LogP contribution in [0, 0.1) is 5.92 Å². The van der Waals surface area contributed by atoms with Gasteiger partial charge in [-0.1, -0.05) is 70.2 Å². The molecule has 0 unspecified atom stereocenters. The number of rotatable bonds is 5. The monoisotopic (exact) mass is 403 g/mol. The summed E-state index contributed by atoms with van der Waals surface area (Å²) in [6, 6.07) is 16.2. The highest BCUT2D eigenvalue weighted by molar-refractivity contribution is 5.95. The van der Waals surface area contributed by atoms with Crippen molar-refractivity contribution in [3.8, 4) is 5.88 Å². The lowest BCUT2D eigenvalue weighted by Gasteiger charge is -2.19. The Balaban J connectivity index is 1.51. The minimum atomic E-state index is -0.216. The number of nitrogens with zero attached hydrogens (tertiary/aromatic N) is 3. The maximum absolute atomic E-state index is 12.6. The normalized spacial score (nSPS) is 18.9. The number of para-hydroxylation sites is 1. The molecule has 0 spiro atoms. The third-order valence-corrected chi connectivity index (χ3v) is 5.93. The fraction of sp³-hybridized carbons (Fsp3) is 0.400. The van der Waals surface area contributed by atoms with Gasteiger partial charge in [-0.3, -0.25) is 4.79 Å². The Morgan fingerprint density at radius 1 is 1.13 bits per heavy atom. The van der Waals surface area contributed by atoms with Gasteiger partial charge in [-0.05, 0) is 41.4 Å². The first-order chi connectivity index (χ1) is 14.3. The van der Waals surface area contributed by atoms with E-state index in [1.807, 2.05) is 28.8 Å². The van der Waals surface area contributed by atoms with E-state index in [0.29, 0.717) is 12.2 Å². The Kier molecular flexibility index (Phi) is 5.22. The minimum absolute atomic E-state index is 0.0692. The van der Waals surface area contributed by atoms with Crippen molar-refractivity contribution >= 4 is 22.5 Å². The first kappa shape index (κ1) is 20.3. The Morgan fingerprint density at radius 3 is 2.50 bits per heavy atom. The molecule has 1 heterocycles. The topological polar surface area (TPSA) is 66.9 Å². The summed E-state index contributed by atoms with van der Waals surface area (Å²) in [5.41, 5.74) is 3.86. The summed E-state index contributed by atoms with van der Waals surface area (Å²) in [5, 5.41) is 19.6. The SMILES string of the molecule is CCCn1c(O)c(N=NC(=O)[C@@H]2C[C@H]2c2ccc(C(C)(C)C)cc2)c2ccccc21. The van der Waals surface area contributed by atoms with E-state index in [2.05, 4.69) is 62.2 Å². The molecule has 1 aliphatic carbocycles. The molecule has 0 radical (unpaired) electrons. The van der Waals surface area contributed by atoms with Crippen LogP contribution < -0.4 is 0 Å². The van der Waals surface area contributed by atoms with Gasteiger partial charge >= 0.3 is 0 Å². The predicted molar refractivity (Wildman–Crippen MR) is 119 cm³/mol. The van der Waals surface area contributed by atoms with Gasteiger partial charge in [0.15, 0.2) is 5.69 Å². The van der Waals surface area contributed by atoms with Crippen LogP contribution >= 0.6 is 0 Å². The molecule has 1 saturated carbocycles. The lowest BCUT2D eigenvalue weighted by molar-refractivity contribution is -0.119. The summed E-state index contributed by atoms with van der Waals surface area (Å²) in [7, 11) is 0. The molecule has 0 saturated heterocycles. The summed E-state index contributed by atoms with van der Waals surface area (Å²) < 4.78 is 1.82. The fourth-order valence-electron chi connectivity index (χ4n) is 4.06.